The number of amides is 2. The minimum atomic E-state index is -0.483. The summed E-state index contributed by atoms with van der Waals surface area (Å²) in [7, 11) is 1.86. The van der Waals surface area contributed by atoms with Crippen LogP contribution in [-0.2, 0) is 16.6 Å². The number of fused-ring (bicyclic) bond motifs is 1. The molecule has 0 aliphatic carbocycles. The Kier molecular flexibility index (Phi) is 5.72. The molecule has 1 N–H and O–H groups in total. The largest absolute Gasteiger partial charge is 0.491 e. The van der Waals surface area contributed by atoms with Crippen LogP contribution in [0.3, 0.4) is 0 Å². The Labute approximate surface area is 179 Å². The lowest BCUT2D eigenvalue weighted by Crippen LogP contribution is -2.42. The minimum Gasteiger partial charge on any atom is -0.491 e. The van der Waals surface area contributed by atoms with Gasteiger partial charge in [-0.25, -0.2) is 4.98 Å². The average Bonchev–Trinajstić information content (AvgIpc) is 3.10. The SMILES string of the molecule is Cn1ccnc1C(NC(=O)CN1C(=O)CCOc2ccccc21)c1ccc(Cl)cc1. The van der Waals surface area contributed by atoms with E-state index in [4.69, 9.17) is 16.3 Å². The van der Waals surface area contributed by atoms with Crippen LogP contribution in [-0.4, -0.2) is 34.5 Å². The predicted octanol–water partition coefficient (Wildman–Crippen LogP) is 3.09. The Hall–Kier alpha value is -3.32. The number of rotatable bonds is 5. The van der Waals surface area contributed by atoms with Gasteiger partial charge in [0.25, 0.3) is 0 Å². The number of anilines is 1. The normalized spacial score (nSPS) is 14.5. The summed E-state index contributed by atoms with van der Waals surface area (Å²) >= 11 is 6.02. The highest BCUT2D eigenvalue weighted by molar-refractivity contribution is 6.30. The molecule has 2 amide bonds. The van der Waals surface area contributed by atoms with Crippen molar-refractivity contribution in [3.8, 4) is 5.75 Å². The number of nitrogens with one attached hydrogen (secondary N) is 1. The van der Waals surface area contributed by atoms with Gasteiger partial charge in [-0.05, 0) is 29.8 Å². The third kappa shape index (κ3) is 4.16. The Bertz CT molecular complexity index is 1060. The first-order valence-corrected chi connectivity index (χ1v) is 9.95. The second-order valence-electron chi connectivity index (χ2n) is 6.99. The highest BCUT2D eigenvalue weighted by Crippen LogP contribution is 2.31. The number of aromatic nitrogens is 2. The number of imidazole rings is 1. The number of para-hydroxylation sites is 2. The molecule has 7 nitrogen and oxygen atoms in total. The van der Waals surface area contributed by atoms with Crippen LogP contribution >= 0.6 is 11.6 Å². The predicted molar refractivity (Wildman–Crippen MR) is 114 cm³/mol. The molecule has 8 heteroatoms. The molecule has 0 spiro atoms. The number of benzene rings is 2. The summed E-state index contributed by atoms with van der Waals surface area (Å²) in [5.74, 6) is 0.809. The summed E-state index contributed by atoms with van der Waals surface area (Å²) in [6, 6.07) is 14.0. The molecule has 2 heterocycles. The third-order valence-corrected chi connectivity index (χ3v) is 5.21. The number of hydrogen-bond donors (Lipinski definition) is 1. The zero-order valence-corrected chi connectivity index (χ0v) is 17.2. The van der Waals surface area contributed by atoms with Crippen molar-refractivity contribution < 1.29 is 14.3 Å². The Balaban J connectivity index is 1.59. The Morgan fingerprint density at radius 1 is 1.23 bits per heavy atom. The number of hydrogen-bond acceptors (Lipinski definition) is 4. The van der Waals surface area contributed by atoms with Crippen LogP contribution in [0.25, 0.3) is 0 Å². The fourth-order valence-corrected chi connectivity index (χ4v) is 3.58. The molecule has 3 aromatic rings. The topological polar surface area (TPSA) is 76.5 Å². The molecule has 4 rings (SSSR count). The van der Waals surface area contributed by atoms with Crippen molar-refractivity contribution in [3.63, 3.8) is 0 Å². The van der Waals surface area contributed by atoms with E-state index >= 15 is 0 Å². The molecule has 1 aliphatic heterocycles. The standard InChI is InChI=1S/C22H21ClN4O3/c1-26-12-11-24-22(26)21(15-6-8-16(23)9-7-15)25-19(28)14-27-17-4-2-3-5-18(17)30-13-10-20(27)29/h2-9,11-12,21H,10,13-14H2,1H3,(H,25,28). The van der Waals surface area contributed by atoms with Crippen LogP contribution in [0.2, 0.25) is 5.02 Å². The lowest BCUT2D eigenvalue weighted by Gasteiger charge is -2.24. The van der Waals surface area contributed by atoms with E-state index in [1.165, 1.54) is 4.90 Å². The van der Waals surface area contributed by atoms with Crippen molar-refractivity contribution in [3.05, 3.63) is 77.3 Å². The lowest BCUT2D eigenvalue weighted by atomic mass is 10.1. The highest BCUT2D eigenvalue weighted by atomic mass is 35.5. The Morgan fingerprint density at radius 2 is 2.00 bits per heavy atom. The van der Waals surface area contributed by atoms with Gasteiger partial charge in [-0.15, -0.1) is 0 Å². The quantitative estimate of drug-likeness (QED) is 0.682. The fraction of sp³-hybridized carbons (Fsp3) is 0.227. The number of nitrogens with zero attached hydrogens (tertiary/aromatic N) is 3. The van der Waals surface area contributed by atoms with Gasteiger partial charge >= 0.3 is 0 Å². The number of halogens is 1. The molecule has 1 aromatic heterocycles. The van der Waals surface area contributed by atoms with Gasteiger partial charge in [0.15, 0.2) is 0 Å². The molecule has 1 atom stereocenters. The summed E-state index contributed by atoms with van der Waals surface area (Å²) in [5.41, 5.74) is 1.43. The smallest absolute Gasteiger partial charge is 0.240 e. The van der Waals surface area contributed by atoms with Crippen LogP contribution in [0.1, 0.15) is 23.9 Å². The van der Waals surface area contributed by atoms with Gasteiger partial charge < -0.3 is 14.6 Å². The van der Waals surface area contributed by atoms with Crippen LogP contribution in [0.15, 0.2) is 60.9 Å². The van der Waals surface area contributed by atoms with Crippen molar-refractivity contribution >= 4 is 29.1 Å². The molecule has 0 radical (unpaired) electrons. The molecular weight excluding hydrogens is 404 g/mol. The molecule has 0 fully saturated rings. The number of aryl methyl sites for hydroxylation is 1. The molecule has 0 bridgehead atoms. The van der Waals surface area contributed by atoms with Gasteiger partial charge in [-0.1, -0.05) is 35.9 Å². The zero-order valence-electron chi connectivity index (χ0n) is 16.4. The van der Waals surface area contributed by atoms with Gasteiger partial charge in [0.05, 0.1) is 18.7 Å². The van der Waals surface area contributed by atoms with Crippen molar-refractivity contribution in [2.24, 2.45) is 7.05 Å². The third-order valence-electron chi connectivity index (χ3n) is 4.96. The van der Waals surface area contributed by atoms with Gasteiger partial charge in [-0.3, -0.25) is 14.5 Å². The molecule has 1 unspecified atom stereocenters. The van der Waals surface area contributed by atoms with Gasteiger partial charge in [0.1, 0.15) is 24.2 Å². The van der Waals surface area contributed by atoms with E-state index in [-0.39, 0.29) is 31.4 Å². The summed E-state index contributed by atoms with van der Waals surface area (Å²) in [4.78, 5) is 31.5. The van der Waals surface area contributed by atoms with Crippen LogP contribution in [0.4, 0.5) is 5.69 Å². The van der Waals surface area contributed by atoms with E-state index in [0.29, 0.717) is 22.3 Å². The van der Waals surface area contributed by atoms with Crippen LogP contribution in [0, 0.1) is 0 Å². The number of ether oxygens (including phenoxy) is 1. The molecule has 0 saturated carbocycles. The van der Waals surface area contributed by atoms with Crippen LogP contribution in [0.5, 0.6) is 5.75 Å². The zero-order chi connectivity index (χ0) is 21.1. The first-order valence-electron chi connectivity index (χ1n) is 9.57. The summed E-state index contributed by atoms with van der Waals surface area (Å²) in [6.07, 6.45) is 3.70. The van der Waals surface area contributed by atoms with E-state index < -0.39 is 6.04 Å². The first kappa shape index (κ1) is 20.0. The lowest BCUT2D eigenvalue weighted by molar-refractivity contribution is -0.124. The maximum atomic E-state index is 13.0. The van der Waals surface area contributed by atoms with Crippen LogP contribution < -0.4 is 15.0 Å². The first-order chi connectivity index (χ1) is 14.5. The molecular formula is C22H21ClN4O3. The molecule has 154 valence electrons. The molecule has 30 heavy (non-hydrogen) atoms. The second-order valence-corrected chi connectivity index (χ2v) is 7.43. The van der Waals surface area contributed by atoms with Gasteiger partial charge in [0, 0.05) is 24.5 Å². The maximum absolute atomic E-state index is 13.0. The summed E-state index contributed by atoms with van der Waals surface area (Å²) < 4.78 is 7.49. The van der Waals surface area contributed by atoms with E-state index in [2.05, 4.69) is 10.3 Å². The van der Waals surface area contributed by atoms with Crippen molar-refractivity contribution in [1.82, 2.24) is 14.9 Å². The summed E-state index contributed by atoms with van der Waals surface area (Å²) in [5, 5.41) is 3.62. The van der Waals surface area contributed by atoms with E-state index in [1.54, 1.807) is 30.5 Å². The fourth-order valence-electron chi connectivity index (χ4n) is 3.45. The molecule has 1 aliphatic rings. The molecule has 0 saturated heterocycles. The van der Waals surface area contributed by atoms with Crippen molar-refractivity contribution in [1.29, 1.82) is 0 Å². The highest BCUT2D eigenvalue weighted by Gasteiger charge is 2.27. The van der Waals surface area contributed by atoms with Gasteiger partial charge in [0.2, 0.25) is 11.8 Å². The second kappa shape index (κ2) is 8.59. The average molecular weight is 425 g/mol. The van der Waals surface area contributed by atoms with Crippen molar-refractivity contribution in [2.45, 2.75) is 12.5 Å². The summed E-state index contributed by atoms with van der Waals surface area (Å²) in [6.45, 7) is 0.169. The van der Waals surface area contributed by atoms with E-state index in [9.17, 15) is 9.59 Å². The number of carbonyl (C=O) groups excluding carboxylic acids is 2. The maximum Gasteiger partial charge on any atom is 0.240 e. The van der Waals surface area contributed by atoms with E-state index in [1.807, 2.05) is 42.1 Å². The van der Waals surface area contributed by atoms with E-state index in [0.717, 1.165) is 5.56 Å². The minimum absolute atomic E-state index is 0.117. The van der Waals surface area contributed by atoms with Crippen molar-refractivity contribution in [2.75, 3.05) is 18.1 Å². The monoisotopic (exact) mass is 424 g/mol. The number of carbonyl (C=O) groups is 2. The molecule has 2 aromatic carbocycles. The van der Waals surface area contributed by atoms with Gasteiger partial charge in [-0.2, -0.15) is 0 Å². The Morgan fingerprint density at radius 3 is 2.73 bits per heavy atom.